The van der Waals surface area contributed by atoms with Crippen LogP contribution in [-0.4, -0.2) is 23.1 Å². The summed E-state index contributed by atoms with van der Waals surface area (Å²) >= 11 is 0. The molecule has 166 valence electrons. The van der Waals surface area contributed by atoms with Crippen molar-refractivity contribution in [1.82, 2.24) is 9.97 Å². The van der Waals surface area contributed by atoms with Crippen molar-refractivity contribution in [3.63, 3.8) is 0 Å². The van der Waals surface area contributed by atoms with E-state index in [1.165, 1.54) is 11.1 Å². The molecule has 0 spiro atoms. The average Bonchev–Trinajstić information content (AvgIpc) is 2.76. The minimum absolute atomic E-state index is 0.275. The van der Waals surface area contributed by atoms with Crippen molar-refractivity contribution in [3.05, 3.63) is 83.5 Å². The van der Waals surface area contributed by atoms with Crippen LogP contribution in [0.15, 0.2) is 72.1 Å². The molecule has 0 radical (unpaired) electrons. The number of pyridine rings is 2. The summed E-state index contributed by atoms with van der Waals surface area (Å²) in [6, 6.07) is 11.1. The first kappa shape index (κ1) is 23.2. The number of rotatable bonds is 8. The first-order valence-corrected chi connectivity index (χ1v) is 10.8. The van der Waals surface area contributed by atoms with E-state index in [9.17, 15) is 0 Å². The predicted molar refractivity (Wildman–Crippen MR) is 133 cm³/mol. The Hall–Kier alpha value is -3.47. The Balaban J connectivity index is 1.76. The maximum atomic E-state index is 15.0. The Morgan fingerprint density at radius 2 is 1.28 bits per heavy atom. The maximum Gasteiger partial charge on any atom is 0.131 e. The summed E-state index contributed by atoms with van der Waals surface area (Å²) in [5, 5.41) is 6.49. The summed E-state index contributed by atoms with van der Waals surface area (Å²) in [4.78, 5) is 8.88. The molecule has 0 atom stereocenters. The first-order valence-electron chi connectivity index (χ1n) is 10.8. The lowest BCUT2D eigenvalue weighted by molar-refractivity contribution is 0.631. The summed E-state index contributed by atoms with van der Waals surface area (Å²) < 4.78 is 15.0. The van der Waals surface area contributed by atoms with E-state index in [1.54, 1.807) is 18.5 Å². The Morgan fingerprint density at radius 1 is 0.781 bits per heavy atom. The second kappa shape index (κ2) is 10.7. The number of hydrogen-bond acceptors (Lipinski definition) is 4. The number of aryl methyl sites for hydroxylation is 1. The number of allylic oxidation sites excluding steroid dienone is 2. The quantitative estimate of drug-likeness (QED) is 0.377. The second-order valence-corrected chi connectivity index (χ2v) is 8.34. The van der Waals surface area contributed by atoms with Gasteiger partial charge in [0.15, 0.2) is 0 Å². The van der Waals surface area contributed by atoms with Gasteiger partial charge in [-0.15, -0.1) is 0 Å². The molecule has 3 aromatic rings. The molecule has 0 saturated carbocycles. The standard InChI is InChI=1S/C27H31FN4/c1-18(2)10-12-29-26-8-6-21(16-31-26)23-15-25(28)24(14-20(23)5)22-7-9-27(32-17-22)30-13-11-19(3)4/h6-11,14-17H,12-13H2,1-5H3,(H,29,31)(H,30,32). The molecule has 2 heterocycles. The Kier molecular flexibility index (Phi) is 7.77. The molecule has 0 saturated heterocycles. The van der Waals surface area contributed by atoms with E-state index in [1.807, 2.05) is 37.3 Å². The minimum Gasteiger partial charge on any atom is -0.367 e. The molecule has 5 heteroatoms. The van der Waals surface area contributed by atoms with Crippen LogP contribution in [0.25, 0.3) is 22.3 Å². The van der Waals surface area contributed by atoms with Crippen LogP contribution in [0.5, 0.6) is 0 Å². The number of aromatic nitrogens is 2. The van der Waals surface area contributed by atoms with E-state index < -0.39 is 0 Å². The SMILES string of the molecule is CC(C)=CCNc1ccc(-c2cc(F)c(-c3ccc(NCC=C(C)C)nc3)cc2C)cn1. The minimum atomic E-state index is -0.275. The zero-order valence-corrected chi connectivity index (χ0v) is 19.5. The van der Waals surface area contributed by atoms with E-state index in [-0.39, 0.29) is 5.82 Å². The summed E-state index contributed by atoms with van der Waals surface area (Å²) in [5.74, 6) is 1.29. The maximum absolute atomic E-state index is 15.0. The highest BCUT2D eigenvalue weighted by Crippen LogP contribution is 2.31. The van der Waals surface area contributed by atoms with Gasteiger partial charge in [-0.05, 0) is 82.1 Å². The lowest BCUT2D eigenvalue weighted by atomic mass is 9.96. The summed E-state index contributed by atoms with van der Waals surface area (Å²) in [6.07, 6.45) is 7.68. The lowest BCUT2D eigenvalue weighted by Crippen LogP contribution is -2.01. The van der Waals surface area contributed by atoms with Crippen LogP contribution in [0.3, 0.4) is 0 Å². The van der Waals surface area contributed by atoms with Gasteiger partial charge in [0.2, 0.25) is 0 Å². The number of benzene rings is 1. The molecule has 2 N–H and O–H groups in total. The number of anilines is 2. The summed E-state index contributed by atoms with van der Waals surface area (Å²) in [5.41, 5.74) is 6.51. The fraction of sp³-hybridized carbons (Fsp3) is 0.259. The first-order chi connectivity index (χ1) is 15.3. The molecular weight excluding hydrogens is 399 g/mol. The van der Waals surface area contributed by atoms with E-state index in [2.05, 4.69) is 60.4 Å². The third-order valence-corrected chi connectivity index (χ3v) is 5.05. The predicted octanol–water partition coefficient (Wildman–Crippen LogP) is 7.01. The van der Waals surface area contributed by atoms with E-state index in [4.69, 9.17) is 0 Å². The fourth-order valence-corrected chi connectivity index (χ4v) is 3.25. The van der Waals surface area contributed by atoms with Gasteiger partial charge < -0.3 is 10.6 Å². The van der Waals surface area contributed by atoms with Gasteiger partial charge in [-0.25, -0.2) is 14.4 Å². The molecule has 1 aromatic carbocycles. The van der Waals surface area contributed by atoms with Crippen molar-refractivity contribution >= 4 is 11.6 Å². The summed E-state index contributed by atoms with van der Waals surface area (Å²) in [6.45, 7) is 11.7. The molecule has 0 aliphatic heterocycles. The molecule has 0 unspecified atom stereocenters. The van der Waals surface area contributed by atoms with Crippen LogP contribution < -0.4 is 10.6 Å². The highest BCUT2D eigenvalue weighted by Gasteiger charge is 2.12. The van der Waals surface area contributed by atoms with Crippen molar-refractivity contribution in [3.8, 4) is 22.3 Å². The average molecular weight is 431 g/mol. The van der Waals surface area contributed by atoms with E-state index in [0.717, 1.165) is 40.4 Å². The third kappa shape index (κ3) is 6.27. The zero-order valence-electron chi connectivity index (χ0n) is 19.5. The molecule has 32 heavy (non-hydrogen) atoms. The van der Waals surface area contributed by atoms with Crippen molar-refractivity contribution in [2.45, 2.75) is 34.6 Å². The third-order valence-electron chi connectivity index (χ3n) is 5.05. The molecular formula is C27H31FN4. The van der Waals surface area contributed by atoms with Crippen molar-refractivity contribution in [2.75, 3.05) is 23.7 Å². The normalized spacial score (nSPS) is 10.4. The topological polar surface area (TPSA) is 49.8 Å². The van der Waals surface area contributed by atoms with Crippen LogP contribution in [-0.2, 0) is 0 Å². The summed E-state index contributed by atoms with van der Waals surface area (Å²) in [7, 11) is 0. The molecule has 3 rings (SSSR count). The number of halogens is 1. The van der Waals surface area contributed by atoms with Gasteiger partial charge in [-0.2, -0.15) is 0 Å². The van der Waals surface area contributed by atoms with Gasteiger partial charge in [-0.1, -0.05) is 23.3 Å². The zero-order chi connectivity index (χ0) is 23.1. The molecule has 0 aliphatic carbocycles. The van der Waals surface area contributed by atoms with Crippen LogP contribution >= 0.6 is 0 Å². The lowest BCUT2D eigenvalue weighted by Gasteiger charge is -2.12. The smallest absolute Gasteiger partial charge is 0.131 e. The number of nitrogens with one attached hydrogen (secondary N) is 2. The molecule has 0 bridgehead atoms. The van der Waals surface area contributed by atoms with Gasteiger partial charge >= 0.3 is 0 Å². The van der Waals surface area contributed by atoms with Crippen LogP contribution in [0, 0.1) is 12.7 Å². The molecule has 0 fully saturated rings. The van der Waals surface area contributed by atoms with Crippen molar-refractivity contribution in [1.29, 1.82) is 0 Å². The Bertz CT molecular complexity index is 1010. The fourth-order valence-electron chi connectivity index (χ4n) is 3.25. The van der Waals surface area contributed by atoms with Crippen LogP contribution in [0.1, 0.15) is 33.3 Å². The molecule has 0 amide bonds. The van der Waals surface area contributed by atoms with E-state index >= 15 is 4.39 Å². The van der Waals surface area contributed by atoms with Gasteiger partial charge in [0.1, 0.15) is 17.5 Å². The van der Waals surface area contributed by atoms with Crippen LogP contribution in [0.2, 0.25) is 0 Å². The Labute approximate surface area is 190 Å². The van der Waals surface area contributed by atoms with Crippen molar-refractivity contribution in [2.24, 2.45) is 0 Å². The number of nitrogens with zero attached hydrogens (tertiary/aromatic N) is 2. The highest BCUT2D eigenvalue weighted by atomic mass is 19.1. The second-order valence-electron chi connectivity index (χ2n) is 8.34. The van der Waals surface area contributed by atoms with Gasteiger partial charge in [0.25, 0.3) is 0 Å². The van der Waals surface area contributed by atoms with Crippen LogP contribution in [0.4, 0.5) is 16.0 Å². The molecule has 2 aromatic heterocycles. The van der Waals surface area contributed by atoms with Gasteiger partial charge in [0, 0.05) is 42.2 Å². The van der Waals surface area contributed by atoms with E-state index in [0.29, 0.717) is 12.1 Å². The number of hydrogen-bond donors (Lipinski definition) is 2. The van der Waals surface area contributed by atoms with Gasteiger partial charge in [-0.3, -0.25) is 0 Å². The van der Waals surface area contributed by atoms with Crippen molar-refractivity contribution < 1.29 is 4.39 Å². The highest BCUT2D eigenvalue weighted by molar-refractivity contribution is 5.74. The largest absolute Gasteiger partial charge is 0.367 e. The van der Waals surface area contributed by atoms with Gasteiger partial charge in [0.05, 0.1) is 0 Å². The Morgan fingerprint density at radius 3 is 1.72 bits per heavy atom. The molecule has 4 nitrogen and oxygen atoms in total. The monoisotopic (exact) mass is 430 g/mol. The molecule has 0 aliphatic rings.